The second-order valence-corrected chi connectivity index (χ2v) is 5.63. The molecule has 0 aliphatic heterocycles. The summed E-state index contributed by atoms with van der Waals surface area (Å²) in [7, 11) is 1.37. The van der Waals surface area contributed by atoms with E-state index < -0.39 is 28.2 Å². The number of benzene rings is 2. The molecule has 0 atom stereocenters. The van der Waals surface area contributed by atoms with Gasteiger partial charge in [0.05, 0.1) is 10.5 Å². The number of hydrogen-bond acceptors (Lipinski definition) is 3. The van der Waals surface area contributed by atoms with Crippen molar-refractivity contribution in [3.8, 4) is 0 Å². The molecule has 1 amide bonds. The minimum atomic E-state index is -0.857. The van der Waals surface area contributed by atoms with Gasteiger partial charge in [-0.1, -0.05) is 17.7 Å². The molecule has 8 heteroatoms. The normalized spacial score (nSPS) is 10.5. The van der Waals surface area contributed by atoms with E-state index in [1.54, 1.807) is 0 Å². The first-order valence-corrected chi connectivity index (χ1v) is 7.23. The van der Waals surface area contributed by atoms with Crippen molar-refractivity contribution < 1.29 is 18.5 Å². The van der Waals surface area contributed by atoms with Crippen molar-refractivity contribution in [1.82, 2.24) is 4.90 Å². The molecule has 0 aliphatic rings. The van der Waals surface area contributed by atoms with Crippen LogP contribution in [-0.2, 0) is 6.54 Å². The van der Waals surface area contributed by atoms with Gasteiger partial charge >= 0.3 is 0 Å². The standard InChI is InChI=1S/C16H13ClF2N2O3/c1-9-14(19)6-10(7-15(9)21(23)24)16(22)20(2)8-11-12(17)4-3-5-13(11)18/h3-7H,8H2,1-2H3. The van der Waals surface area contributed by atoms with Crippen molar-refractivity contribution in [1.29, 1.82) is 0 Å². The van der Waals surface area contributed by atoms with E-state index >= 15 is 0 Å². The first-order valence-electron chi connectivity index (χ1n) is 6.85. The Morgan fingerprint density at radius 2 is 1.96 bits per heavy atom. The quantitative estimate of drug-likeness (QED) is 0.613. The molecule has 5 nitrogen and oxygen atoms in total. The van der Waals surface area contributed by atoms with Gasteiger partial charge in [0.25, 0.3) is 11.6 Å². The Morgan fingerprint density at radius 3 is 2.54 bits per heavy atom. The van der Waals surface area contributed by atoms with Gasteiger partial charge in [-0.2, -0.15) is 0 Å². The summed E-state index contributed by atoms with van der Waals surface area (Å²) >= 11 is 5.91. The van der Waals surface area contributed by atoms with Crippen molar-refractivity contribution in [2.45, 2.75) is 13.5 Å². The van der Waals surface area contributed by atoms with Crippen molar-refractivity contribution in [2.24, 2.45) is 0 Å². The third kappa shape index (κ3) is 3.51. The minimum Gasteiger partial charge on any atom is -0.337 e. The van der Waals surface area contributed by atoms with Gasteiger partial charge in [-0.05, 0) is 25.1 Å². The van der Waals surface area contributed by atoms with Crippen molar-refractivity contribution in [2.75, 3.05) is 7.05 Å². The molecular weight excluding hydrogens is 342 g/mol. The maximum Gasteiger partial charge on any atom is 0.276 e. The average Bonchev–Trinajstić information content (AvgIpc) is 2.52. The molecule has 0 spiro atoms. The molecular formula is C16H13ClF2N2O3. The zero-order chi connectivity index (χ0) is 18.0. The molecule has 2 rings (SSSR count). The SMILES string of the molecule is Cc1c(F)cc(C(=O)N(C)Cc2c(F)cccc2Cl)cc1[N+](=O)[O-]. The van der Waals surface area contributed by atoms with Crippen molar-refractivity contribution >= 4 is 23.2 Å². The largest absolute Gasteiger partial charge is 0.337 e. The highest BCUT2D eigenvalue weighted by Crippen LogP contribution is 2.25. The molecule has 0 N–H and O–H groups in total. The van der Waals surface area contributed by atoms with Gasteiger partial charge in [0, 0.05) is 35.8 Å². The molecule has 0 bridgehead atoms. The summed E-state index contributed by atoms with van der Waals surface area (Å²) in [5.41, 5.74) is -0.733. The van der Waals surface area contributed by atoms with E-state index in [0.29, 0.717) is 0 Å². The molecule has 2 aromatic carbocycles. The average molecular weight is 355 g/mol. The van der Waals surface area contributed by atoms with E-state index in [4.69, 9.17) is 11.6 Å². The molecule has 0 aliphatic carbocycles. The van der Waals surface area contributed by atoms with Gasteiger partial charge in [0.15, 0.2) is 0 Å². The predicted molar refractivity (Wildman–Crippen MR) is 85.0 cm³/mol. The van der Waals surface area contributed by atoms with E-state index in [2.05, 4.69) is 0 Å². The Bertz CT molecular complexity index is 807. The summed E-state index contributed by atoms with van der Waals surface area (Å²) in [6, 6.07) is 6.04. The summed E-state index contributed by atoms with van der Waals surface area (Å²) in [5, 5.41) is 11.1. The fourth-order valence-electron chi connectivity index (χ4n) is 2.19. The monoisotopic (exact) mass is 354 g/mol. The van der Waals surface area contributed by atoms with E-state index in [0.717, 1.165) is 17.0 Å². The summed E-state index contributed by atoms with van der Waals surface area (Å²) in [4.78, 5) is 23.7. The predicted octanol–water partition coefficient (Wildman–Crippen LogP) is 4.11. The van der Waals surface area contributed by atoms with E-state index in [9.17, 15) is 23.7 Å². The van der Waals surface area contributed by atoms with Gasteiger partial charge < -0.3 is 4.90 Å². The molecule has 0 aromatic heterocycles. The smallest absolute Gasteiger partial charge is 0.276 e. The number of rotatable bonds is 4. The molecule has 126 valence electrons. The van der Waals surface area contributed by atoms with Crippen LogP contribution in [0.15, 0.2) is 30.3 Å². The van der Waals surface area contributed by atoms with Crippen LogP contribution in [0.4, 0.5) is 14.5 Å². The van der Waals surface area contributed by atoms with Crippen LogP contribution in [0.1, 0.15) is 21.5 Å². The Hall–Kier alpha value is -2.54. The number of hydrogen-bond donors (Lipinski definition) is 0. The van der Waals surface area contributed by atoms with Crippen LogP contribution < -0.4 is 0 Å². The van der Waals surface area contributed by atoms with Crippen molar-refractivity contribution in [3.05, 3.63) is 73.8 Å². The van der Waals surface area contributed by atoms with Gasteiger partial charge in [0.2, 0.25) is 0 Å². The number of amides is 1. The van der Waals surface area contributed by atoms with Crippen LogP contribution in [0.5, 0.6) is 0 Å². The lowest BCUT2D eigenvalue weighted by Gasteiger charge is -2.18. The zero-order valence-corrected chi connectivity index (χ0v) is 13.6. The number of nitro groups is 1. The fraction of sp³-hybridized carbons (Fsp3) is 0.188. The lowest BCUT2D eigenvalue weighted by Crippen LogP contribution is -2.27. The molecule has 0 saturated carbocycles. The molecule has 0 radical (unpaired) electrons. The fourth-order valence-corrected chi connectivity index (χ4v) is 2.41. The Morgan fingerprint density at radius 1 is 1.29 bits per heavy atom. The zero-order valence-electron chi connectivity index (χ0n) is 12.8. The van der Waals surface area contributed by atoms with Gasteiger partial charge in [-0.15, -0.1) is 0 Å². The first-order chi connectivity index (χ1) is 11.2. The van der Waals surface area contributed by atoms with E-state index in [-0.39, 0.29) is 28.3 Å². The number of nitrogens with zero attached hydrogens (tertiary/aromatic N) is 2. The Balaban J connectivity index is 2.33. The molecule has 0 saturated heterocycles. The highest BCUT2D eigenvalue weighted by atomic mass is 35.5. The number of carbonyl (C=O) groups excluding carboxylic acids is 1. The Labute approximate surface area is 141 Å². The van der Waals surface area contributed by atoms with Crippen LogP contribution >= 0.6 is 11.6 Å². The van der Waals surface area contributed by atoms with Gasteiger partial charge in [-0.3, -0.25) is 14.9 Å². The minimum absolute atomic E-state index is 0.108. The van der Waals surface area contributed by atoms with Gasteiger partial charge in [-0.25, -0.2) is 8.78 Å². The molecule has 0 heterocycles. The lowest BCUT2D eigenvalue weighted by molar-refractivity contribution is -0.385. The molecule has 0 unspecified atom stereocenters. The summed E-state index contributed by atoms with van der Waals surface area (Å²) in [6.45, 7) is 1.10. The van der Waals surface area contributed by atoms with Crippen LogP contribution in [0.25, 0.3) is 0 Å². The molecule has 2 aromatic rings. The third-order valence-electron chi connectivity index (χ3n) is 3.56. The summed E-state index contributed by atoms with van der Waals surface area (Å²) in [6.07, 6.45) is 0. The van der Waals surface area contributed by atoms with Crippen molar-refractivity contribution in [3.63, 3.8) is 0 Å². The van der Waals surface area contributed by atoms with Crippen LogP contribution in [-0.4, -0.2) is 22.8 Å². The van der Waals surface area contributed by atoms with Crippen LogP contribution in [0, 0.1) is 28.7 Å². The lowest BCUT2D eigenvalue weighted by atomic mass is 10.1. The second-order valence-electron chi connectivity index (χ2n) is 5.22. The first kappa shape index (κ1) is 17.8. The number of nitro benzene ring substituents is 1. The highest BCUT2D eigenvalue weighted by molar-refractivity contribution is 6.31. The number of carbonyl (C=O) groups is 1. The second kappa shape index (κ2) is 6.92. The van der Waals surface area contributed by atoms with E-state index in [1.807, 2.05) is 0 Å². The summed E-state index contributed by atoms with van der Waals surface area (Å²) < 4.78 is 27.6. The Kier molecular flexibility index (Phi) is 5.14. The number of halogens is 3. The maximum atomic E-state index is 13.8. The maximum absolute atomic E-state index is 13.8. The topological polar surface area (TPSA) is 63.5 Å². The van der Waals surface area contributed by atoms with Crippen LogP contribution in [0.2, 0.25) is 5.02 Å². The molecule has 0 fully saturated rings. The summed E-state index contributed by atoms with van der Waals surface area (Å²) in [5.74, 6) is -2.12. The molecule has 24 heavy (non-hydrogen) atoms. The third-order valence-corrected chi connectivity index (χ3v) is 3.92. The van der Waals surface area contributed by atoms with Crippen LogP contribution in [0.3, 0.4) is 0 Å². The highest BCUT2D eigenvalue weighted by Gasteiger charge is 2.22. The van der Waals surface area contributed by atoms with Gasteiger partial charge in [0.1, 0.15) is 11.6 Å². The van der Waals surface area contributed by atoms with E-state index in [1.165, 1.54) is 32.2 Å².